The van der Waals surface area contributed by atoms with Crippen molar-refractivity contribution in [2.24, 2.45) is 5.84 Å². The van der Waals surface area contributed by atoms with E-state index in [-0.39, 0.29) is 6.04 Å². The number of nitrogens with zero attached hydrogens (tertiary/aromatic N) is 2. The molecule has 1 aromatic heterocycles. The monoisotopic (exact) mass is 262 g/mol. The molecular formula is C13H18N4S. The molecule has 3 N–H and O–H groups in total. The molecule has 0 amide bonds. The first kappa shape index (κ1) is 13.1. The lowest BCUT2D eigenvalue weighted by atomic mass is 9.94. The summed E-state index contributed by atoms with van der Waals surface area (Å²) < 4.78 is 3.89. The molecule has 0 aliphatic rings. The average molecular weight is 262 g/mol. The Morgan fingerprint density at radius 3 is 2.44 bits per heavy atom. The Kier molecular flexibility index (Phi) is 4.06. The Morgan fingerprint density at radius 2 is 1.94 bits per heavy atom. The van der Waals surface area contributed by atoms with Gasteiger partial charge in [0.15, 0.2) is 0 Å². The molecule has 2 rings (SSSR count). The molecule has 0 radical (unpaired) electrons. The Morgan fingerprint density at radius 1 is 1.28 bits per heavy atom. The molecule has 5 heteroatoms. The zero-order chi connectivity index (χ0) is 13.1. The van der Waals surface area contributed by atoms with Crippen molar-refractivity contribution in [3.05, 3.63) is 45.5 Å². The zero-order valence-electron chi connectivity index (χ0n) is 10.9. The van der Waals surface area contributed by atoms with Crippen LogP contribution in [0.3, 0.4) is 0 Å². The van der Waals surface area contributed by atoms with Crippen LogP contribution < -0.4 is 11.3 Å². The Labute approximate surface area is 111 Å². The molecule has 1 aromatic carbocycles. The second-order valence-corrected chi connectivity index (χ2v) is 5.44. The van der Waals surface area contributed by atoms with E-state index in [1.807, 2.05) is 0 Å². The zero-order valence-corrected chi connectivity index (χ0v) is 11.7. The van der Waals surface area contributed by atoms with Crippen molar-refractivity contribution in [3.8, 4) is 0 Å². The number of hydrazine groups is 1. The molecule has 1 heterocycles. The van der Waals surface area contributed by atoms with Crippen molar-refractivity contribution in [3.63, 3.8) is 0 Å². The van der Waals surface area contributed by atoms with E-state index in [4.69, 9.17) is 5.84 Å². The third-order valence-electron chi connectivity index (χ3n) is 3.17. The summed E-state index contributed by atoms with van der Waals surface area (Å²) in [6, 6.07) is 4.49. The van der Waals surface area contributed by atoms with E-state index < -0.39 is 0 Å². The number of nitrogens with one attached hydrogen (secondary N) is 1. The second kappa shape index (κ2) is 5.56. The summed E-state index contributed by atoms with van der Waals surface area (Å²) in [5, 5.41) is 3.86. The fraction of sp³-hybridized carbons (Fsp3) is 0.385. The van der Waals surface area contributed by atoms with Crippen molar-refractivity contribution >= 4 is 11.5 Å². The highest BCUT2D eigenvalue weighted by Crippen LogP contribution is 2.24. The fourth-order valence-electron chi connectivity index (χ4n) is 2.31. The van der Waals surface area contributed by atoms with Crippen molar-refractivity contribution < 1.29 is 0 Å². The van der Waals surface area contributed by atoms with Gasteiger partial charge in [0, 0.05) is 0 Å². The number of aryl methyl sites for hydroxylation is 3. The summed E-state index contributed by atoms with van der Waals surface area (Å²) in [6.07, 6.45) is 2.63. The predicted octanol–water partition coefficient (Wildman–Crippen LogP) is 2.21. The third-order valence-corrected chi connectivity index (χ3v) is 3.95. The van der Waals surface area contributed by atoms with Crippen molar-refractivity contribution in [2.75, 3.05) is 0 Å². The van der Waals surface area contributed by atoms with Crippen LogP contribution in [-0.4, -0.2) is 9.59 Å². The number of nitrogens with two attached hydrogens (primary N) is 1. The van der Waals surface area contributed by atoms with E-state index in [0.717, 1.165) is 11.3 Å². The normalized spacial score (nSPS) is 12.7. The van der Waals surface area contributed by atoms with Crippen LogP contribution >= 0.6 is 11.5 Å². The molecule has 1 unspecified atom stereocenters. The van der Waals surface area contributed by atoms with Gasteiger partial charge < -0.3 is 0 Å². The van der Waals surface area contributed by atoms with Crippen LogP contribution in [0.5, 0.6) is 0 Å². The summed E-state index contributed by atoms with van der Waals surface area (Å²) in [7, 11) is 0. The van der Waals surface area contributed by atoms with Crippen molar-refractivity contribution in [1.29, 1.82) is 0 Å². The second-order valence-electron chi connectivity index (χ2n) is 4.62. The van der Waals surface area contributed by atoms with Gasteiger partial charge in [0.2, 0.25) is 0 Å². The van der Waals surface area contributed by atoms with Crippen LogP contribution in [0.15, 0.2) is 18.3 Å². The summed E-state index contributed by atoms with van der Waals surface area (Å²) in [5.74, 6) is 5.64. The van der Waals surface area contributed by atoms with Gasteiger partial charge in [-0.1, -0.05) is 22.2 Å². The van der Waals surface area contributed by atoms with E-state index >= 15 is 0 Å². The van der Waals surface area contributed by atoms with E-state index in [1.54, 1.807) is 6.20 Å². The lowest BCUT2D eigenvalue weighted by Crippen LogP contribution is -2.29. The third kappa shape index (κ3) is 2.75. The topological polar surface area (TPSA) is 63.8 Å². The Hall–Kier alpha value is -1.30. The first-order valence-electron chi connectivity index (χ1n) is 5.92. The average Bonchev–Trinajstić information content (AvgIpc) is 2.81. The maximum Gasteiger partial charge on any atom is 0.0670 e. The minimum atomic E-state index is 0.0742. The quantitative estimate of drug-likeness (QED) is 0.655. The molecular weight excluding hydrogens is 244 g/mol. The van der Waals surface area contributed by atoms with Gasteiger partial charge in [-0.3, -0.25) is 11.3 Å². The van der Waals surface area contributed by atoms with Gasteiger partial charge in [-0.25, -0.2) is 0 Å². The molecule has 18 heavy (non-hydrogen) atoms. The standard InChI is InChI=1S/C13H18N4S/c1-8-4-9(2)11(10(3)5-8)6-12(16-14)13-7-15-17-18-13/h4-5,7,12,16H,6,14H2,1-3H3. The van der Waals surface area contributed by atoms with E-state index in [9.17, 15) is 0 Å². The molecule has 0 saturated heterocycles. The van der Waals surface area contributed by atoms with Crippen molar-refractivity contribution in [1.82, 2.24) is 15.0 Å². The molecule has 1 atom stereocenters. The first-order valence-corrected chi connectivity index (χ1v) is 6.69. The molecule has 0 aliphatic carbocycles. The highest BCUT2D eigenvalue weighted by molar-refractivity contribution is 7.05. The summed E-state index contributed by atoms with van der Waals surface area (Å²) in [5.41, 5.74) is 8.11. The molecule has 0 saturated carbocycles. The highest BCUT2D eigenvalue weighted by atomic mass is 32.1. The summed E-state index contributed by atoms with van der Waals surface area (Å²) >= 11 is 1.39. The van der Waals surface area contributed by atoms with E-state index in [1.165, 1.54) is 33.8 Å². The van der Waals surface area contributed by atoms with Crippen LogP contribution in [0.2, 0.25) is 0 Å². The highest BCUT2D eigenvalue weighted by Gasteiger charge is 2.15. The van der Waals surface area contributed by atoms with Gasteiger partial charge in [-0.15, -0.1) is 5.10 Å². The molecule has 96 valence electrons. The number of aromatic nitrogens is 2. The number of hydrogen-bond acceptors (Lipinski definition) is 5. The van der Waals surface area contributed by atoms with Crippen LogP contribution in [-0.2, 0) is 6.42 Å². The SMILES string of the molecule is Cc1cc(C)c(CC(NN)c2cnns2)c(C)c1. The van der Waals surface area contributed by atoms with Crippen molar-refractivity contribution in [2.45, 2.75) is 33.2 Å². The Balaban J connectivity index is 2.28. The molecule has 0 spiro atoms. The molecule has 0 aliphatic heterocycles. The van der Waals surface area contributed by atoms with Crippen LogP contribution in [0.1, 0.15) is 33.2 Å². The Bertz CT molecular complexity index is 499. The van der Waals surface area contributed by atoms with Gasteiger partial charge in [0.25, 0.3) is 0 Å². The molecule has 4 nitrogen and oxygen atoms in total. The largest absolute Gasteiger partial charge is 0.271 e. The van der Waals surface area contributed by atoms with Crippen LogP contribution in [0, 0.1) is 20.8 Å². The van der Waals surface area contributed by atoms with Gasteiger partial charge in [-0.05, 0) is 55.4 Å². The van der Waals surface area contributed by atoms with Gasteiger partial charge >= 0.3 is 0 Å². The lowest BCUT2D eigenvalue weighted by Gasteiger charge is -2.17. The molecule has 2 aromatic rings. The van der Waals surface area contributed by atoms with Crippen LogP contribution in [0.4, 0.5) is 0 Å². The van der Waals surface area contributed by atoms with Gasteiger partial charge in [0.1, 0.15) is 0 Å². The summed E-state index contributed by atoms with van der Waals surface area (Å²) in [6.45, 7) is 6.41. The van der Waals surface area contributed by atoms with Gasteiger partial charge in [0.05, 0.1) is 17.1 Å². The first-order chi connectivity index (χ1) is 8.61. The molecule has 0 bridgehead atoms. The smallest absolute Gasteiger partial charge is 0.0670 e. The predicted molar refractivity (Wildman–Crippen MR) is 74.3 cm³/mol. The van der Waals surface area contributed by atoms with Gasteiger partial charge in [-0.2, -0.15) is 0 Å². The maximum atomic E-state index is 5.64. The fourth-order valence-corrected chi connectivity index (χ4v) is 2.87. The molecule has 0 fully saturated rings. The minimum Gasteiger partial charge on any atom is -0.271 e. The van der Waals surface area contributed by atoms with E-state index in [0.29, 0.717) is 0 Å². The number of hydrogen-bond donors (Lipinski definition) is 2. The minimum absolute atomic E-state index is 0.0742. The maximum absolute atomic E-state index is 5.64. The number of benzene rings is 1. The van der Waals surface area contributed by atoms with E-state index in [2.05, 4.69) is 47.9 Å². The summed E-state index contributed by atoms with van der Waals surface area (Å²) in [4.78, 5) is 1.07. The number of rotatable bonds is 4. The lowest BCUT2D eigenvalue weighted by molar-refractivity contribution is 0.557. The van der Waals surface area contributed by atoms with Crippen LogP contribution in [0.25, 0.3) is 0 Å².